The van der Waals surface area contributed by atoms with Crippen LogP contribution in [0.3, 0.4) is 0 Å². The molecule has 0 aromatic carbocycles. The third kappa shape index (κ3) is 2.16. The van der Waals surface area contributed by atoms with Gasteiger partial charge in [0.15, 0.2) is 0 Å². The molecule has 1 rings (SSSR count). The van der Waals surface area contributed by atoms with Gasteiger partial charge in [-0.1, -0.05) is 12.2 Å². The van der Waals surface area contributed by atoms with Crippen molar-refractivity contribution in [3.63, 3.8) is 0 Å². The smallest absolute Gasteiger partial charge is 0.0222 e. The van der Waals surface area contributed by atoms with Crippen LogP contribution in [0, 0.1) is 0 Å². The van der Waals surface area contributed by atoms with Crippen molar-refractivity contribution < 1.29 is 0 Å². The molecule has 0 aromatic rings. The molecule has 2 heteroatoms. The van der Waals surface area contributed by atoms with E-state index >= 15 is 0 Å². The summed E-state index contributed by atoms with van der Waals surface area (Å²) in [5, 5.41) is 3.28. The summed E-state index contributed by atoms with van der Waals surface area (Å²) in [7, 11) is 0. The Morgan fingerprint density at radius 3 is 3.22 bits per heavy atom. The summed E-state index contributed by atoms with van der Waals surface area (Å²) in [6.45, 7) is 3.07. The molecule has 0 saturated carbocycles. The minimum absolute atomic E-state index is 0.311. The quantitative estimate of drug-likeness (QED) is 0.457. The summed E-state index contributed by atoms with van der Waals surface area (Å²) in [4.78, 5) is 0. The summed E-state index contributed by atoms with van der Waals surface area (Å²) >= 11 is 0. The molecule has 2 nitrogen and oxygen atoms in total. The Hall–Kier alpha value is -0.340. The van der Waals surface area contributed by atoms with Crippen molar-refractivity contribution in [3.8, 4) is 0 Å². The largest absolute Gasteiger partial charge is 0.326 e. The summed E-state index contributed by atoms with van der Waals surface area (Å²) in [5.74, 6) is 0. The number of nitrogens with one attached hydrogen (secondary N) is 1. The molecule has 3 N–H and O–H groups in total. The maximum Gasteiger partial charge on any atom is 0.0222 e. The van der Waals surface area contributed by atoms with Gasteiger partial charge in [0.1, 0.15) is 0 Å². The van der Waals surface area contributed by atoms with E-state index in [9.17, 15) is 0 Å². The van der Waals surface area contributed by atoms with E-state index in [1.807, 2.05) is 0 Å². The Morgan fingerprint density at radius 2 is 2.44 bits per heavy atom. The molecule has 1 heterocycles. The Balaban J connectivity index is 2.39. The van der Waals surface area contributed by atoms with Gasteiger partial charge in [0.05, 0.1) is 0 Å². The zero-order valence-electron chi connectivity index (χ0n) is 5.80. The van der Waals surface area contributed by atoms with Gasteiger partial charge in [-0.25, -0.2) is 0 Å². The van der Waals surface area contributed by atoms with Crippen molar-refractivity contribution in [2.24, 2.45) is 5.73 Å². The van der Waals surface area contributed by atoms with Crippen LogP contribution in [-0.4, -0.2) is 18.6 Å². The molecular weight excluding hydrogens is 112 g/mol. The lowest BCUT2D eigenvalue weighted by Gasteiger charge is -2.08. The van der Waals surface area contributed by atoms with Gasteiger partial charge in [-0.05, 0) is 13.3 Å². The van der Waals surface area contributed by atoms with Gasteiger partial charge >= 0.3 is 0 Å². The molecule has 0 amide bonds. The molecule has 0 fully saturated rings. The maximum atomic E-state index is 5.68. The first-order chi connectivity index (χ1) is 4.29. The van der Waals surface area contributed by atoms with Crippen molar-refractivity contribution in [2.75, 3.05) is 6.54 Å². The Labute approximate surface area is 56.1 Å². The lowest BCUT2D eigenvalue weighted by Crippen LogP contribution is -2.35. The van der Waals surface area contributed by atoms with Gasteiger partial charge in [-0.2, -0.15) is 0 Å². The molecule has 0 aliphatic carbocycles. The predicted molar refractivity (Wildman–Crippen MR) is 39.2 cm³/mol. The van der Waals surface area contributed by atoms with Crippen LogP contribution in [0.4, 0.5) is 0 Å². The van der Waals surface area contributed by atoms with Gasteiger partial charge in [0, 0.05) is 18.6 Å². The molecule has 1 aliphatic rings. The molecule has 1 aliphatic heterocycles. The molecule has 0 bridgehead atoms. The highest BCUT2D eigenvalue weighted by Crippen LogP contribution is 1.97. The fourth-order valence-corrected chi connectivity index (χ4v) is 0.946. The molecule has 0 saturated heterocycles. The molecular formula is C7H14N2. The van der Waals surface area contributed by atoms with Crippen LogP contribution in [0.25, 0.3) is 0 Å². The molecule has 0 radical (unpaired) electrons. The Bertz CT molecular complexity index is 109. The van der Waals surface area contributed by atoms with Crippen LogP contribution in [0.15, 0.2) is 12.2 Å². The highest BCUT2D eigenvalue weighted by Gasteiger charge is 2.05. The molecule has 0 unspecified atom stereocenters. The van der Waals surface area contributed by atoms with Crippen molar-refractivity contribution in [1.29, 1.82) is 0 Å². The van der Waals surface area contributed by atoms with Gasteiger partial charge in [-0.15, -0.1) is 0 Å². The van der Waals surface area contributed by atoms with E-state index in [1.165, 1.54) is 0 Å². The fourth-order valence-electron chi connectivity index (χ4n) is 0.946. The highest BCUT2D eigenvalue weighted by atomic mass is 14.9. The average molecular weight is 126 g/mol. The van der Waals surface area contributed by atoms with E-state index in [4.69, 9.17) is 5.73 Å². The van der Waals surface area contributed by atoms with Crippen LogP contribution in [-0.2, 0) is 0 Å². The average Bonchev–Trinajstić information content (AvgIpc) is 1.97. The van der Waals surface area contributed by atoms with Crippen molar-refractivity contribution in [3.05, 3.63) is 12.2 Å². The van der Waals surface area contributed by atoms with Crippen LogP contribution in [0.2, 0.25) is 0 Å². The minimum Gasteiger partial charge on any atom is -0.326 e. The number of hydrogen-bond donors (Lipinski definition) is 2. The van der Waals surface area contributed by atoms with E-state index in [0.717, 1.165) is 13.0 Å². The molecule has 52 valence electrons. The van der Waals surface area contributed by atoms with E-state index in [1.54, 1.807) is 0 Å². The SMILES string of the molecule is C[C@@H]1C=CC[C@H](N)CN1. The number of nitrogens with two attached hydrogens (primary N) is 1. The number of rotatable bonds is 0. The van der Waals surface area contributed by atoms with Crippen molar-refractivity contribution >= 4 is 0 Å². The fraction of sp³-hybridized carbons (Fsp3) is 0.714. The molecule has 0 aromatic heterocycles. The van der Waals surface area contributed by atoms with Crippen LogP contribution in [0.1, 0.15) is 13.3 Å². The zero-order valence-corrected chi connectivity index (χ0v) is 5.80. The molecule has 2 atom stereocenters. The van der Waals surface area contributed by atoms with Gasteiger partial charge in [0.25, 0.3) is 0 Å². The first-order valence-electron chi connectivity index (χ1n) is 3.44. The van der Waals surface area contributed by atoms with Gasteiger partial charge in [-0.3, -0.25) is 0 Å². The Morgan fingerprint density at radius 1 is 1.67 bits per heavy atom. The molecule has 9 heavy (non-hydrogen) atoms. The summed E-state index contributed by atoms with van der Waals surface area (Å²) < 4.78 is 0. The lowest BCUT2D eigenvalue weighted by molar-refractivity contribution is 0.571. The monoisotopic (exact) mass is 126 g/mol. The molecule has 0 spiro atoms. The summed E-state index contributed by atoms with van der Waals surface area (Å²) in [6.07, 6.45) is 5.32. The highest BCUT2D eigenvalue weighted by molar-refractivity contribution is 4.96. The van der Waals surface area contributed by atoms with Gasteiger partial charge < -0.3 is 11.1 Å². The van der Waals surface area contributed by atoms with Crippen LogP contribution >= 0.6 is 0 Å². The van der Waals surface area contributed by atoms with E-state index in [-0.39, 0.29) is 0 Å². The second kappa shape index (κ2) is 2.99. The third-order valence-corrected chi connectivity index (χ3v) is 1.57. The first-order valence-corrected chi connectivity index (χ1v) is 3.44. The minimum atomic E-state index is 0.311. The van der Waals surface area contributed by atoms with Crippen molar-refractivity contribution in [2.45, 2.75) is 25.4 Å². The summed E-state index contributed by atoms with van der Waals surface area (Å²) in [5.41, 5.74) is 5.68. The standard InChI is InChI=1S/C7H14N2/c1-6-3-2-4-7(8)5-9-6/h2-3,6-7,9H,4-5,8H2,1H3/t6-,7+/m1/s1. The zero-order chi connectivity index (χ0) is 6.69. The lowest BCUT2D eigenvalue weighted by atomic mass is 10.2. The summed E-state index contributed by atoms with van der Waals surface area (Å²) in [6, 6.07) is 0.810. The van der Waals surface area contributed by atoms with E-state index in [0.29, 0.717) is 12.1 Å². The topological polar surface area (TPSA) is 38.0 Å². The maximum absolute atomic E-state index is 5.68. The first kappa shape index (κ1) is 6.78. The van der Waals surface area contributed by atoms with Crippen LogP contribution < -0.4 is 11.1 Å². The predicted octanol–water partition coefficient (Wildman–Crippen LogP) is 0.252. The van der Waals surface area contributed by atoms with E-state index < -0.39 is 0 Å². The Kier molecular flexibility index (Phi) is 2.25. The van der Waals surface area contributed by atoms with E-state index in [2.05, 4.69) is 24.4 Å². The van der Waals surface area contributed by atoms with Gasteiger partial charge in [0.2, 0.25) is 0 Å². The van der Waals surface area contributed by atoms with Crippen molar-refractivity contribution in [1.82, 2.24) is 5.32 Å². The van der Waals surface area contributed by atoms with Crippen LogP contribution in [0.5, 0.6) is 0 Å². The second-order valence-corrected chi connectivity index (χ2v) is 2.62. The normalized spacial score (nSPS) is 36.2. The third-order valence-electron chi connectivity index (χ3n) is 1.57. The second-order valence-electron chi connectivity index (χ2n) is 2.62. The number of hydrogen-bond acceptors (Lipinski definition) is 2.